The van der Waals surface area contributed by atoms with Gasteiger partial charge in [0.1, 0.15) is 5.76 Å². The molecule has 1 N–H and O–H groups in total. The topological polar surface area (TPSA) is 25.2 Å². The first-order chi connectivity index (χ1) is 8.06. The van der Waals surface area contributed by atoms with Crippen molar-refractivity contribution in [2.24, 2.45) is 0 Å². The summed E-state index contributed by atoms with van der Waals surface area (Å²) in [6.07, 6.45) is 0. The molecule has 2 rings (SSSR count). The summed E-state index contributed by atoms with van der Waals surface area (Å²) in [7, 11) is 0. The van der Waals surface area contributed by atoms with Crippen molar-refractivity contribution in [2.45, 2.75) is 27.3 Å². The zero-order valence-electron chi connectivity index (χ0n) is 10.3. The van der Waals surface area contributed by atoms with Crippen molar-refractivity contribution in [3.8, 4) is 0 Å². The van der Waals surface area contributed by atoms with Gasteiger partial charge >= 0.3 is 0 Å². The van der Waals surface area contributed by atoms with Crippen LogP contribution in [-0.2, 0) is 6.54 Å². The third-order valence-corrected chi connectivity index (χ3v) is 3.17. The second kappa shape index (κ2) is 4.96. The average molecular weight is 294 g/mol. The van der Waals surface area contributed by atoms with Crippen LogP contribution in [0.15, 0.2) is 33.4 Å². The fourth-order valence-electron chi connectivity index (χ4n) is 2.08. The van der Waals surface area contributed by atoms with Gasteiger partial charge < -0.3 is 9.73 Å². The van der Waals surface area contributed by atoms with E-state index in [1.165, 1.54) is 22.4 Å². The molecule has 0 unspecified atom stereocenters. The molecule has 0 spiro atoms. The number of aryl methyl sites for hydroxylation is 3. The Labute approximate surface area is 110 Å². The number of hydrogen-bond donors (Lipinski definition) is 1. The van der Waals surface area contributed by atoms with Gasteiger partial charge in [0.2, 0.25) is 0 Å². The van der Waals surface area contributed by atoms with Crippen molar-refractivity contribution >= 4 is 21.6 Å². The molecular weight excluding hydrogens is 278 g/mol. The molecule has 1 aromatic carbocycles. The van der Waals surface area contributed by atoms with E-state index in [-0.39, 0.29) is 0 Å². The van der Waals surface area contributed by atoms with Crippen LogP contribution in [0.5, 0.6) is 0 Å². The SMILES string of the molecule is Cc1cc(C)c(NCc2ccc(Br)o2)c(C)c1. The maximum absolute atomic E-state index is 5.46. The number of furan rings is 1. The van der Waals surface area contributed by atoms with Crippen molar-refractivity contribution in [1.82, 2.24) is 0 Å². The maximum atomic E-state index is 5.46. The van der Waals surface area contributed by atoms with Crippen LogP contribution in [-0.4, -0.2) is 0 Å². The van der Waals surface area contributed by atoms with Gasteiger partial charge in [-0.05, 0) is 60.0 Å². The summed E-state index contributed by atoms with van der Waals surface area (Å²) in [6, 6.07) is 8.25. The average Bonchev–Trinajstić information content (AvgIpc) is 2.62. The summed E-state index contributed by atoms with van der Waals surface area (Å²) in [5, 5.41) is 3.42. The predicted octanol–water partition coefficient (Wildman–Crippen LogP) is 4.58. The van der Waals surface area contributed by atoms with Gasteiger partial charge in [-0.1, -0.05) is 17.7 Å². The molecule has 17 heavy (non-hydrogen) atoms. The minimum Gasteiger partial charge on any atom is -0.452 e. The molecule has 2 aromatic rings. The van der Waals surface area contributed by atoms with Crippen molar-refractivity contribution in [1.29, 1.82) is 0 Å². The summed E-state index contributed by atoms with van der Waals surface area (Å²) in [5.74, 6) is 0.927. The van der Waals surface area contributed by atoms with Crippen LogP contribution >= 0.6 is 15.9 Å². The minimum atomic E-state index is 0.705. The van der Waals surface area contributed by atoms with E-state index in [2.05, 4.69) is 54.2 Å². The maximum Gasteiger partial charge on any atom is 0.169 e. The Hall–Kier alpha value is -1.22. The Kier molecular flexibility index (Phi) is 3.57. The second-order valence-electron chi connectivity index (χ2n) is 4.33. The monoisotopic (exact) mass is 293 g/mol. The highest BCUT2D eigenvalue weighted by Gasteiger charge is 2.05. The number of nitrogens with one attached hydrogen (secondary N) is 1. The number of hydrogen-bond acceptors (Lipinski definition) is 2. The van der Waals surface area contributed by atoms with E-state index in [1.807, 2.05) is 12.1 Å². The number of halogens is 1. The Balaban J connectivity index is 2.14. The normalized spacial score (nSPS) is 10.6. The molecule has 0 radical (unpaired) electrons. The van der Waals surface area contributed by atoms with Gasteiger partial charge in [0.15, 0.2) is 4.67 Å². The van der Waals surface area contributed by atoms with E-state index in [1.54, 1.807) is 0 Å². The van der Waals surface area contributed by atoms with E-state index in [0.29, 0.717) is 6.54 Å². The second-order valence-corrected chi connectivity index (χ2v) is 5.11. The fourth-order valence-corrected chi connectivity index (χ4v) is 2.42. The van der Waals surface area contributed by atoms with Crippen molar-refractivity contribution in [2.75, 3.05) is 5.32 Å². The van der Waals surface area contributed by atoms with Crippen molar-refractivity contribution in [3.05, 3.63) is 51.4 Å². The molecular formula is C14H16BrNO. The minimum absolute atomic E-state index is 0.705. The highest BCUT2D eigenvalue weighted by Crippen LogP contribution is 2.23. The molecule has 1 heterocycles. The highest BCUT2D eigenvalue weighted by molar-refractivity contribution is 9.10. The molecule has 0 aliphatic heterocycles. The van der Waals surface area contributed by atoms with Crippen molar-refractivity contribution in [3.63, 3.8) is 0 Å². The Bertz CT molecular complexity index is 508. The third kappa shape index (κ3) is 2.91. The molecule has 2 nitrogen and oxygen atoms in total. The lowest BCUT2D eigenvalue weighted by Gasteiger charge is -2.12. The molecule has 0 fully saturated rings. The summed E-state index contributed by atoms with van der Waals surface area (Å²) < 4.78 is 6.23. The molecule has 0 amide bonds. The molecule has 3 heteroatoms. The largest absolute Gasteiger partial charge is 0.452 e. The summed E-state index contributed by atoms with van der Waals surface area (Å²) >= 11 is 3.30. The molecule has 0 aliphatic rings. The lowest BCUT2D eigenvalue weighted by molar-refractivity contribution is 0.495. The molecule has 0 atom stereocenters. The van der Waals surface area contributed by atoms with Crippen LogP contribution in [0.25, 0.3) is 0 Å². The van der Waals surface area contributed by atoms with Gasteiger partial charge in [0, 0.05) is 5.69 Å². The standard InChI is InChI=1S/C14H16BrNO/c1-9-6-10(2)14(11(3)7-9)16-8-12-4-5-13(15)17-12/h4-7,16H,8H2,1-3H3. The van der Waals surface area contributed by atoms with Gasteiger partial charge in [0.05, 0.1) is 6.54 Å². The number of rotatable bonds is 3. The van der Waals surface area contributed by atoms with E-state index < -0.39 is 0 Å². The van der Waals surface area contributed by atoms with E-state index >= 15 is 0 Å². The zero-order chi connectivity index (χ0) is 12.4. The first-order valence-corrected chi connectivity index (χ1v) is 6.41. The van der Waals surface area contributed by atoms with Crippen molar-refractivity contribution < 1.29 is 4.42 Å². The first kappa shape index (κ1) is 12.2. The first-order valence-electron chi connectivity index (χ1n) is 5.62. The van der Waals surface area contributed by atoms with Gasteiger partial charge in [-0.15, -0.1) is 0 Å². The molecule has 0 bridgehead atoms. The lowest BCUT2D eigenvalue weighted by Crippen LogP contribution is -2.02. The van der Waals surface area contributed by atoms with Crippen LogP contribution in [0.3, 0.4) is 0 Å². The predicted molar refractivity (Wildman–Crippen MR) is 74.4 cm³/mol. The fraction of sp³-hybridized carbons (Fsp3) is 0.286. The van der Waals surface area contributed by atoms with Crippen LogP contribution in [0.4, 0.5) is 5.69 Å². The van der Waals surface area contributed by atoms with Gasteiger partial charge in [-0.3, -0.25) is 0 Å². The number of anilines is 1. The lowest BCUT2D eigenvalue weighted by atomic mass is 10.1. The smallest absolute Gasteiger partial charge is 0.169 e. The van der Waals surface area contributed by atoms with Crippen LogP contribution in [0.1, 0.15) is 22.5 Å². The Morgan fingerprint density at radius 3 is 2.29 bits per heavy atom. The molecule has 90 valence electrons. The van der Waals surface area contributed by atoms with Gasteiger partial charge in [0.25, 0.3) is 0 Å². The Morgan fingerprint density at radius 2 is 1.76 bits per heavy atom. The zero-order valence-corrected chi connectivity index (χ0v) is 11.9. The molecule has 1 aromatic heterocycles. The summed E-state index contributed by atoms with van der Waals surface area (Å²) in [4.78, 5) is 0. The molecule has 0 saturated heterocycles. The Morgan fingerprint density at radius 1 is 1.12 bits per heavy atom. The molecule has 0 aliphatic carbocycles. The van der Waals surface area contributed by atoms with E-state index in [9.17, 15) is 0 Å². The highest BCUT2D eigenvalue weighted by atomic mass is 79.9. The number of benzene rings is 1. The van der Waals surface area contributed by atoms with E-state index in [4.69, 9.17) is 4.42 Å². The van der Waals surface area contributed by atoms with Gasteiger partial charge in [-0.2, -0.15) is 0 Å². The third-order valence-electron chi connectivity index (χ3n) is 2.75. The van der Waals surface area contributed by atoms with Crippen LogP contribution < -0.4 is 5.32 Å². The van der Waals surface area contributed by atoms with Crippen LogP contribution in [0.2, 0.25) is 0 Å². The van der Waals surface area contributed by atoms with Gasteiger partial charge in [-0.25, -0.2) is 0 Å². The quantitative estimate of drug-likeness (QED) is 0.896. The summed E-state index contributed by atoms with van der Waals surface area (Å²) in [5.41, 5.74) is 5.04. The molecule has 0 saturated carbocycles. The summed E-state index contributed by atoms with van der Waals surface area (Å²) in [6.45, 7) is 7.07. The van der Waals surface area contributed by atoms with E-state index in [0.717, 1.165) is 10.4 Å². The van der Waals surface area contributed by atoms with Crippen LogP contribution in [0, 0.1) is 20.8 Å².